The number of ether oxygens (including phenoxy) is 1. The van der Waals surface area contributed by atoms with Crippen LogP contribution in [0.25, 0.3) is 0 Å². The van der Waals surface area contributed by atoms with Crippen molar-refractivity contribution in [3.63, 3.8) is 0 Å². The number of carboxylic acids is 1. The number of carboxylic acid groups (broad SMARTS) is 1. The second-order valence-corrected chi connectivity index (χ2v) is 5.03. The predicted molar refractivity (Wildman–Crippen MR) is 58.4 cm³/mol. The van der Waals surface area contributed by atoms with Gasteiger partial charge in [0.15, 0.2) is 0 Å². The van der Waals surface area contributed by atoms with Crippen LogP contribution < -0.4 is 5.32 Å². The molecule has 0 bridgehead atoms. The van der Waals surface area contributed by atoms with Gasteiger partial charge in [0.1, 0.15) is 5.54 Å². The average Bonchev–Trinajstić information content (AvgIpc) is 2.25. The number of carbonyl (C=O) groups is 2. The molecule has 1 saturated carbocycles. The Morgan fingerprint density at radius 2 is 1.95 bits per heavy atom. The third-order valence-corrected chi connectivity index (χ3v) is 3.71. The molecule has 2 unspecified atom stereocenters. The SMILES string of the molecule is CCOC1CC(NC(=O)C(F)(F)F)(C(=O)O)C1(C)C. The predicted octanol–water partition coefficient (Wildman–Crippen LogP) is 1.32. The molecule has 19 heavy (non-hydrogen) atoms. The summed E-state index contributed by atoms with van der Waals surface area (Å²) in [4.78, 5) is 22.3. The van der Waals surface area contributed by atoms with E-state index in [2.05, 4.69) is 0 Å². The highest BCUT2D eigenvalue weighted by atomic mass is 19.4. The van der Waals surface area contributed by atoms with Crippen LogP contribution in [-0.4, -0.2) is 41.4 Å². The minimum absolute atomic E-state index is 0.189. The molecule has 1 aliphatic carbocycles. The fourth-order valence-corrected chi connectivity index (χ4v) is 2.30. The van der Waals surface area contributed by atoms with Crippen LogP contribution in [-0.2, 0) is 14.3 Å². The van der Waals surface area contributed by atoms with E-state index in [1.807, 2.05) is 0 Å². The highest BCUT2D eigenvalue weighted by Crippen LogP contribution is 2.51. The van der Waals surface area contributed by atoms with Gasteiger partial charge in [-0.25, -0.2) is 4.79 Å². The van der Waals surface area contributed by atoms with Crippen LogP contribution in [0.1, 0.15) is 27.2 Å². The molecular formula is C11H16F3NO4. The maximum Gasteiger partial charge on any atom is 0.471 e. The van der Waals surface area contributed by atoms with Crippen LogP contribution in [0.2, 0.25) is 0 Å². The van der Waals surface area contributed by atoms with Gasteiger partial charge in [-0.3, -0.25) is 4.79 Å². The Balaban J connectivity index is 2.97. The van der Waals surface area contributed by atoms with Crippen LogP contribution in [0.4, 0.5) is 13.2 Å². The minimum Gasteiger partial charge on any atom is -0.479 e. The summed E-state index contributed by atoms with van der Waals surface area (Å²) in [5.41, 5.74) is -3.09. The lowest BCUT2D eigenvalue weighted by Crippen LogP contribution is -2.77. The maximum atomic E-state index is 12.3. The molecular weight excluding hydrogens is 267 g/mol. The van der Waals surface area contributed by atoms with Gasteiger partial charge in [-0.2, -0.15) is 13.2 Å². The molecule has 0 aromatic heterocycles. The standard InChI is InChI=1S/C11H16F3NO4/c1-4-19-6-5-10(8(17)18,9(6,2)3)15-7(16)11(12,13)14/h6H,4-5H2,1-3H3,(H,15,16)(H,17,18). The van der Waals surface area contributed by atoms with Crippen molar-refractivity contribution in [2.45, 2.75) is 45.0 Å². The summed E-state index contributed by atoms with van der Waals surface area (Å²) in [6, 6.07) is 0. The molecule has 2 atom stereocenters. The molecule has 1 rings (SSSR count). The number of halogens is 3. The number of hydrogen-bond acceptors (Lipinski definition) is 3. The largest absolute Gasteiger partial charge is 0.479 e. The van der Waals surface area contributed by atoms with Crippen molar-refractivity contribution in [3.05, 3.63) is 0 Å². The Kier molecular flexibility index (Phi) is 3.86. The Hall–Kier alpha value is -1.31. The quantitative estimate of drug-likeness (QED) is 0.816. The minimum atomic E-state index is -5.12. The van der Waals surface area contributed by atoms with E-state index in [9.17, 15) is 27.9 Å². The first kappa shape index (κ1) is 15.7. The van der Waals surface area contributed by atoms with Crippen LogP contribution >= 0.6 is 0 Å². The molecule has 0 aromatic rings. The van der Waals surface area contributed by atoms with Crippen molar-refractivity contribution in [1.29, 1.82) is 0 Å². The first-order chi connectivity index (χ1) is 8.49. The molecule has 110 valence electrons. The van der Waals surface area contributed by atoms with Crippen LogP contribution in [0, 0.1) is 5.41 Å². The van der Waals surface area contributed by atoms with Crippen LogP contribution in [0.5, 0.6) is 0 Å². The van der Waals surface area contributed by atoms with E-state index >= 15 is 0 Å². The molecule has 0 radical (unpaired) electrons. The fraction of sp³-hybridized carbons (Fsp3) is 0.818. The Morgan fingerprint density at radius 3 is 2.26 bits per heavy atom. The Morgan fingerprint density at radius 1 is 1.42 bits per heavy atom. The lowest BCUT2D eigenvalue weighted by Gasteiger charge is -2.58. The smallest absolute Gasteiger partial charge is 0.471 e. The zero-order valence-corrected chi connectivity index (χ0v) is 10.8. The van der Waals surface area contributed by atoms with Gasteiger partial charge in [-0.05, 0) is 6.92 Å². The lowest BCUT2D eigenvalue weighted by atomic mass is 9.54. The molecule has 8 heteroatoms. The zero-order valence-electron chi connectivity index (χ0n) is 10.8. The number of hydrogen-bond donors (Lipinski definition) is 2. The maximum absolute atomic E-state index is 12.3. The molecule has 0 spiro atoms. The summed E-state index contributed by atoms with van der Waals surface area (Å²) in [5.74, 6) is -3.75. The number of alkyl halides is 3. The highest BCUT2D eigenvalue weighted by molar-refractivity contribution is 5.91. The van der Waals surface area contributed by atoms with Crippen molar-refractivity contribution >= 4 is 11.9 Å². The van der Waals surface area contributed by atoms with Gasteiger partial charge >= 0.3 is 18.1 Å². The van der Waals surface area contributed by atoms with E-state index in [-0.39, 0.29) is 6.42 Å². The van der Waals surface area contributed by atoms with Crippen LogP contribution in [0.15, 0.2) is 0 Å². The van der Waals surface area contributed by atoms with Gasteiger partial charge in [-0.15, -0.1) is 0 Å². The number of aliphatic carboxylic acids is 1. The molecule has 0 saturated heterocycles. The summed E-state index contributed by atoms with van der Waals surface area (Å²) in [5, 5.41) is 10.8. The third kappa shape index (κ3) is 2.41. The van der Waals surface area contributed by atoms with Crippen molar-refractivity contribution in [2.75, 3.05) is 6.61 Å². The van der Waals surface area contributed by atoms with E-state index in [0.29, 0.717) is 6.61 Å². The lowest BCUT2D eigenvalue weighted by molar-refractivity contribution is -0.205. The second-order valence-electron chi connectivity index (χ2n) is 5.03. The van der Waals surface area contributed by atoms with E-state index in [0.717, 1.165) is 0 Å². The van der Waals surface area contributed by atoms with E-state index < -0.39 is 35.1 Å². The fourth-order valence-electron chi connectivity index (χ4n) is 2.30. The number of amides is 1. The normalized spacial score (nSPS) is 29.5. The summed E-state index contributed by atoms with van der Waals surface area (Å²) >= 11 is 0. The average molecular weight is 283 g/mol. The topological polar surface area (TPSA) is 75.6 Å². The molecule has 2 N–H and O–H groups in total. The Bertz CT molecular complexity index is 394. The highest BCUT2D eigenvalue weighted by Gasteiger charge is 2.67. The summed E-state index contributed by atoms with van der Waals surface area (Å²) in [6.07, 6.45) is -5.82. The van der Waals surface area contributed by atoms with Crippen molar-refractivity contribution in [3.8, 4) is 0 Å². The summed E-state index contributed by atoms with van der Waals surface area (Å²) in [6.45, 7) is 4.94. The van der Waals surface area contributed by atoms with Gasteiger partial charge in [0, 0.05) is 18.4 Å². The molecule has 5 nitrogen and oxygen atoms in total. The van der Waals surface area contributed by atoms with E-state index in [4.69, 9.17) is 4.74 Å². The molecule has 0 aromatic carbocycles. The first-order valence-electron chi connectivity index (χ1n) is 5.73. The molecule has 1 aliphatic rings. The summed E-state index contributed by atoms with van der Waals surface area (Å²) < 4.78 is 42.1. The van der Waals surface area contributed by atoms with Gasteiger partial charge in [0.05, 0.1) is 6.10 Å². The molecule has 0 heterocycles. The van der Waals surface area contributed by atoms with Gasteiger partial charge < -0.3 is 15.2 Å². The van der Waals surface area contributed by atoms with Gasteiger partial charge in [0.25, 0.3) is 0 Å². The van der Waals surface area contributed by atoms with Crippen molar-refractivity contribution in [1.82, 2.24) is 5.32 Å². The van der Waals surface area contributed by atoms with E-state index in [1.165, 1.54) is 13.8 Å². The van der Waals surface area contributed by atoms with Crippen LogP contribution in [0.3, 0.4) is 0 Å². The number of rotatable bonds is 4. The van der Waals surface area contributed by atoms with E-state index in [1.54, 1.807) is 12.2 Å². The van der Waals surface area contributed by atoms with Gasteiger partial charge in [-0.1, -0.05) is 13.8 Å². The zero-order chi connectivity index (χ0) is 15.1. The number of carbonyl (C=O) groups excluding carboxylic acids is 1. The molecule has 1 fully saturated rings. The first-order valence-corrected chi connectivity index (χ1v) is 5.73. The second kappa shape index (κ2) is 4.66. The molecule has 0 aliphatic heterocycles. The number of nitrogens with one attached hydrogen (secondary N) is 1. The Labute approximate surface area is 108 Å². The molecule has 1 amide bonds. The van der Waals surface area contributed by atoms with Gasteiger partial charge in [0.2, 0.25) is 0 Å². The van der Waals surface area contributed by atoms with Crippen molar-refractivity contribution in [2.24, 2.45) is 5.41 Å². The third-order valence-electron chi connectivity index (χ3n) is 3.71. The monoisotopic (exact) mass is 283 g/mol. The summed E-state index contributed by atoms with van der Waals surface area (Å²) in [7, 11) is 0. The van der Waals surface area contributed by atoms with Crippen molar-refractivity contribution < 1.29 is 32.6 Å².